The van der Waals surface area contributed by atoms with E-state index in [1.54, 1.807) is 0 Å². The maximum atomic E-state index is 6.15. The molecule has 0 bridgehead atoms. The number of hydrogen-bond donors (Lipinski definition) is 1. The standard InChI is InChI=1S/C13H19ClN2O/c1-16(8-10-4-3-7-17-10)9-11-12(14)5-2-6-13(11)15/h2,5-6,10H,3-4,7-9,15H2,1H3. The first-order valence-corrected chi connectivity index (χ1v) is 6.37. The first kappa shape index (κ1) is 12.7. The third kappa shape index (κ3) is 3.35. The zero-order valence-electron chi connectivity index (χ0n) is 10.2. The van der Waals surface area contributed by atoms with Crippen molar-refractivity contribution in [2.45, 2.75) is 25.5 Å². The summed E-state index contributed by atoms with van der Waals surface area (Å²) in [6.07, 6.45) is 2.69. The van der Waals surface area contributed by atoms with Crippen LogP contribution < -0.4 is 5.73 Å². The summed E-state index contributed by atoms with van der Waals surface area (Å²) >= 11 is 6.15. The summed E-state index contributed by atoms with van der Waals surface area (Å²) in [5.74, 6) is 0. The summed E-state index contributed by atoms with van der Waals surface area (Å²) < 4.78 is 5.62. The third-order valence-corrected chi connectivity index (χ3v) is 3.48. The average Bonchev–Trinajstić information content (AvgIpc) is 2.76. The molecule has 1 aromatic carbocycles. The first-order valence-electron chi connectivity index (χ1n) is 6.00. The third-order valence-electron chi connectivity index (χ3n) is 3.12. The summed E-state index contributed by atoms with van der Waals surface area (Å²) in [6, 6.07) is 5.65. The lowest BCUT2D eigenvalue weighted by atomic mass is 10.1. The van der Waals surface area contributed by atoms with Crippen LogP contribution >= 0.6 is 11.6 Å². The van der Waals surface area contributed by atoms with Crippen LogP contribution in [0, 0.1) is 0 Å². The molecule has 1 aliphatic heterocycles. The molecule has 1 atom stereocenters. The molecule has 1 heterocycles. The van der Waals surface area contributed by atoms with Crippen LogP contribution in [0.2, 0.25) is 5.02 Å². The van der Waals surface area contributed by atoms with Gasteiger partial charge in [-0.1, -0.05) is 17.7 Å². The fourth-order valence-corrected chi connectivity index (χ4v) is 2.45. The highest BCUT2D eigenvalue weighted by atomic mass is 35.5. The number of benzene rings is 1. The van der Waals surface area contributed by atoms with Crippen LogP contribution in [-0.4, -0.2) is 31.2 Å². The van der Waals surface area contributed by atoms with Crippen LogP contribution in [0.5, 0.6) is 0 Å². The van der Waals surface area contributed by atoms with Gasteiger partial charge in [0.1, 0.15) is 0 Å². The van der Waals surface area contributed by atoms with E-state index < -0.39 is 0 Å². The predicted molar refractivity (Wildman–Crippen MR) is 71.2 cm³/mol. The van der Waals surface area contributed by atoms with Crippen molar-refractivity contribution < 1.29 is 4.74 Å². The van der Waals surface area contributed by atoms with Gasteiger partial charge in [0.15, 0.2) is 0 Å². The summed E-state index contributed by atoms with van der Waals surface area (Å²) in [5.41, 5.74) is 7.71. The van der Waals surface area contributed by atoms with E-state index in [0.29, 0.717) is 6.10 Å². The van der Waals surface area contributed by atoms with E-state index in [2.05, 4.69) is 11.9 Å². The van der Waals surface area contributed by atoms with Gasteiger partial charge in [0, 0.05) is 36.0 Å². The van der Waals surface area contributed by atoms with Gasteiger partial charge in [-0.3, -0.25) is 4.90 Å². The summed E-state index contributed by atoms with van der Waals surface area (Å²) in [4.78, 5) is 2.22. The number of ether oxygens (including phenoxy) is 1. The molecule has 4 heteroatoms. The Bertz CT molecular complexity index is 357. The number of nitrogens with zero attached hydrogens (tertiary/aromatic N) is 1. The normalized spacial score (nSPS) is 20.1. The van der Waals surface area contributed by atoms with Crippen molar-refractivity contribution >= 4 is 17.3 Å². The van der Waals surface area contributed by atoms with Gasteiger partial charge < -0.3 is 10.5 Å². The Kier molecular flexibility index (Phi) is 4.26. The van der Waals surface area contributed by atoms with E-state index in [9.17, 15) is 0 Å². The van der Waals surface area contributed by atoms with Gasteiger partial charge in [-0.05, 0) is 32.0 Å². The molecule has 0 saturated carbocycles. The second-order valence-corrected chi connectivity index (χ2v) is 5.05. The number of likely N-dealkylation sites (N-methyl/N-ethyl adjacent to an activating group) is 1. The lowest BCUT2D eigenvalue weighted by Crippen LogP contribution is -2.28. The van der Waals surface area contributed by atoms with Gasteiger partial charge in [-0.25, -0.2) is 0 Å². The van der Waals surface area contributed by atoms with Crippen LogP contribution in [0.1, 0.15) is 18.4 Å². The number of anilines is 1. The fraction of sp³-hybridized carbons (Fsp3) is 0.538. The van der Waals surface area contributed by atoms with Crippen molar-refractivity contribution in [2.75, 3.05) is 25.9 Å². The van der Waals surface area contributed by atoms with E-state index in [1.807, 2.05) is 18.2 Å². The van der Waals surface area contributed by atoms with Gasteiger partial charge >= 0.3 is 0 Å². The molecular formula is C13H19ClN2O. The maximum absolute atomic E-state index is 6.15. The zero-order valence-corrected chi connectivity index (χ0v) is 10.9. The first-order chi connectivity index (χ1) is 8.16. The summed E-state index contributed by atoms with van der Waals surface area (Å²) in [7, 11) is 2.07. The van der Waals surface area contributed by atoms with Gasteiger partial charge in [-0.15, -0.1) is 0 Å². The van der Waals surface area contributed by atoms with Gasteiger partial charge in [0.05, 0.1) is 6.10 Å². The number of hydrogen-bond acceptors (Lipinski definition) is 3. The largest absolute Gasteiger partial charge is 0.398 e. The summed E-state index contributed by atoms with van der Waals surface area (Å²) in [5, 5.41) is 0.740. The minimum atomic E-state index is 0.365. The van der Waals surface area contributed by atoms with Crippen LogP contribution in [0.15, 0.2) is 18.2 Å². The highest BCUT2D eigenvalue weighted by Gasteiger charge is 2.18. The Morgan fingerprint density at radius 2 is 2.35 bits per heavy atom. The minimum absolute atomic E-state index is 0.365. The highest BCUT2D eigenvalue weighted by Crippen LogP contribution is 2.23. The quantitative estimate of drug-likeness (QED) is 0.840. The van der Waals surface area contributed by atoms with Crippen molar-refractivity contribution in [1.29, 1.82) is 0 Å². The zero-order chi connectivity index (χ0) is 12.3. The molecule has 3 nitrogen and oxygen atoms in total. The van der Waals surface area contributed by atoms with Gasteiger partial charge in [0.2, 0.25) is 0 Å². The van der Waals surface area contributed by atoms with E-state index in [-0.39, 0.29) is 0 Å². The number of nitrogen functional groups attached to an aromatic ring is 1. The van der Waals surface area contributed by atoms with Crippen LogP contribution in [-0.2, 0) is 11.3 Å². The molecule has 2 N–H and O–H groups in total. The lowest BCUT2D eigenvalue weighted by molar-refractivity contribution is 0.0794. The summed E-state index contributed by atoms with van der Waals surface area (Å²) in [6.45, 7) is 2.60. The number of nitrogens with two attached hydrogens (primary N) is 1. The molecule has 1 unspecified atom stereocenters. The van der Waals surface area contributed by atoms with Crippen molar-refractivity contribution in [2.24, 2.45) is 0 Å². The molecule has 0 radical (unpaired) electrons. The molecule has 0 aromatic heterocycles. The number of halogens is 1. The second-order valence-electron chi connectivity index (χ2n) is 4.64. The van der Waals surface area contributed by atoms with Crippen molar-refractivity contribution in [3.63, 3.8) is 0 Å². The van der Waals surface area contributed by atoms with Crippen LogP contribution in [0.3, 0.4) is 0 Å². The highest BCUT2D eigenvalue weighted by molar-refractivity contribution is 6.31. The lowest BCUT2D eigenvalue weighted by Gasteiger charge is -2.21. The van der Waals surface area contributed by atoms with E-state index in [1.165, 1.54) is 6.42 Å². The molecule has 2 rings (SSSR count). The van der Waals surface area contributed by atoms with Crippen LogP contribution in [0.25, 0.3) is 0 Å². The van der Waals surface area contributed by atoms with Crippen LogP contribution in [0.4, 0.5) is 5.69 Å². The molecular weight excluding hydrogens is 236 g/mol. The molecule has 0 aliphatic carbocycles. The molecule has 1 aliphatic rings. The van der Waals surface area contributed by atoms with Crippen molar-refractivity contribution in [3.8, 4) is 0 Å². The number of rotatable bonds is 4. The Morgan fingerprint density at radius 3 is 3.00 bits per heavy atom. The molecule has 1 saturated heterocycles. The SMILES string of the molecule is CN(Cc1c(N)cccc1Cl)CC1CCCO1. The van der Waals surface area contributed by atoms with Crippen molar-refractivity contribution in [3.05, 3.63) is 28.8 Å². The van der Waals surface area contributed by atoms with Gasteiger partial charge in [-0.2, -0.15) is 0 Å². The van der Waals surface area contributed by atoms with E-state index >= 15 is 0 Å². The molecule has 1 fully saturated rings. The Morgan fingerprint density at radius 1 is 1.53 bits per heavy atom. The Labute approximate surface area is 107 Å². The smallest absolute Gasteiger partial charge is 0.0702 e. The molecule has 17 heavy (non-hydrogen) atoms. The fourth-order valence-electron chi connectivity index (χ4n) is 2.21. The average molecular weight is 255 g/mol. The molecule has 1 aromatic rings. The second kappa shape index (κ2) is 5.71. The predicted octanol–water partition coefficient (Wildman–Crippen LogP) is 2.53. The molecule has 0 amide bonds. The molecule has 94 valence electrons. The van der Waals surface area contributed by atoms with E-state index in [4.69, 9.17) is 22.1 Å². The van der Waals surface area contributed by atoms with Gasteiger partial charge in [0.25, 0.3) is 0 Å². The van der Waals surface area contributed by atoms with Crippen molar-refractivity contribution in [1.82, 2.24) is 4.90 Å². The Hall–Kier alpha value is -0.770. The minimum Gasteiger partial charge on any atom is -0.398 e. The van der Waals surface area contributed by atoms with E-state index in [0.717, 1.165) is 42.4 Å². The topological polar surface area (TPSA) is 38.5 Å². The monoisotopic (exact) mass is 254 g/mol. The Balaban J connectivity index is 1.95. The molecule has 0 spiro atoms. The maximum Gasteiger partial charge on any atom is 0.0702 e.